The molecule has 154 valence electrons. The van der Waals surface area contributed by atoms with Crippen molar-refractivity contribution >= 4 is 33.3 Å². The van der Waals surface area contributed by atoms with E-state index in [9.17, 15) is 9.59 Å². The van der Waals surface area contributed by atoms with E-state index < -0.39 is 5.91 Å². The Morgan fingerprint density at radius 3 is 2.77 bits per heavy atom. The molecule has 9 heteroatoms. The molecule has 2 amide bonds. The first-order chi connectivity index (χ1) is 14.4. The SMILES string of the molecule is NC(=O)c1cccnc1OC1CC2(CC(NC(=O)c3nc(Br)n4ccccc34)C2)C1. The number of rotatable bonds is 5. The largest absolute Gasteiger partial charge is 0.474 e. The Labute approximate surface area is 181 Å². The van der Waals surface area contributed by atoms with E-state index in [1.54, 1.807) is 18.3 Å². The van der Waals surface area contributed by atoms with Gasteiger partial charge in [0.05, 0.1) is 5.52 Å². The number of primary amides is 1. The highest BCUT2D eigenvalue weighted by Gasteiger charge is 2.54. The highest BCUT2D eigenvalue weighted by molar-refractivity contribution is 9.10. The van der Waals surface area contributed by atoms with Crippen molar-refractivity contribution in [2.24, 2.45) is 11.1 Å². The Morgan fingerprint density at radius 2 is 2.00 bits per heavy atom. The third-order valence-electron chi connectivity index (χ3n) is 6.05. The van der Waals surface area contributed by atoms with Crippen molar-refractivity contribution in [2.75, 3.05) is 0 Å². The molecule has 3 N–H and O–H groups in total. The number of nitrogens with one attached hydrogen (secondary N) is 1. The molecule has 5 rings (SSSR count). The molecule has 3 heterocycles. The van der Waals surface area contributed by atoms with Crippen molar-refractivity contribution in [1.82, 2.24) is 19.7 Å². The molecule has 3 aromatic rings. The van der Waals surface area contributed by atoms with Gasteiger partial charge in [0.25, 0.3) is 11.8 Å². The van der Waals surface area contributed by atoms with Crippen molar-refractivity contribution < 1.29 is 14.3 Å². The predicted octanol–water partition coefficient (Wildman–Crippen LogP) is 2.71. The highest BCUT2D eigenvalue weighted by atomic mass is 79.9. The number of hydrogen-bond acceptors (Lipinski definition) is 5. The average molecular weight is 470 g/mol. The monoisotopic (exact) mass is 469 g/mol. The Kier molecular flexibility index (Phi) is 4.50. The van der Waals surface area contributed by atoms with Crippen LogP contribution in [0.15, 0.2) is 47.5 Å². The molecule has 0 atom stereocenters. The lowest BCUT2D eigenvalue weighted by Gasteiger charge is -2.57. The van der Waals surface area contributed by atoms with E-state index in [2.05, 4.69) is 31.2 Å². The first kappa shape index (κ1) is 19.0. The number of fused-ring (bicyclic) bond motifs is 1. The van der Waals surface area contributed by atoms with Gasteiger partial charge in [0, 0.05) is 18.4 Å². The van der Waals surface area contributed by atoms with Crippen molar-refractivity contribution in [2.45, 2.75) is 37.8 Å². The molecule has 1 spiro atoms. The third kappa shape index (κ3) is 3.23. The number of ether oxygens (including phenoxy) is 1. The zero-order valence-corrected chi connectivity index (χ0v) is 17.6. The van der Waals surface area contributed by atoms with E-state index in [0.717, 1.165) is 31.2 Å². The van der Waals surface area contributed by atoms with Crippen LogP contribution in [0.3, 0.4) is 0 Å². The van der Waals surface area contributed by atoms with Crippen LogP contribution in [0.25, 0.3) is 5.52 Å². The number of nitrogens with zero attached hydrogens (tertiary/aromatic N) is 3. The lowest BCUT2D eigenvalue weighted by molar-refractivity contribution is -0.0848. The molecular formula is C21H20BrN5O3. The molecule has 8 nitrogen and oxygen atoms in total. The molecule has 2 aliphatic carbocycles. The standard InChI is InChI=1S/C21H20BrN5O3/c22-20-26-16(15-5-1-2-7-27(15)20)18(29)25-12-8-21(9-12)10-13(11-21)30-19-14(17(23)28)4-3-6-24-19/h1-7,12-13H,8-11H2,(H2,23,28)(H,25,29). The zero-order valence-electron chi connectivity index (χ0n) is 16.0. The Morgan fingerprint density at radius 1 is 1.20 bits per heavy atom. The minimum absolute atomic E-state index is 0.0164. The van der Waals surface area contributed by atoms with Crippen LogP contribution in [0, 0.1) is 5.41 Å². The number of aromatic nitrogens is 3. The van der Waals surface area contributed by atoms with Crippen molar-refractivity contribution in [3.63, 3.8) is 0 Å². The fourth-order valence-corrected chi connectivity index (χ4v) is 5.15. The summed E-state index contributed by atoms with van der Waals surface area (Å²) in [5.41, 5.74) is 7.07. The zero-order chi connectivity index (χ0) is 20.9. The molecule has 0 bridgehead atoms. The van der Waals surface area contributed by atoms with E-state index in [4.69, 9.17) is 10.5 Å². The minimum Gasteiger partial charge on any atom is -0.474 e. The molecule has 0 saturated heterocycles. The van der Waals surface area contributed by atoms with Crippen LogP contribution in [-0.2, 0) is 0 Å². The molecule has 2 fully saturated rings. The lowest BCUT2D eigenvalue weighted by Crippen LogP contribution is -2.58. The first-order valence-electron chi connectivity index (χ1n) is 9.79. The summed E-state index contributed by atoms with van der Waals surface area (Å²) in [5, 5.41) is 3.10. The van der Waals surface area contributed by atoms with Gasteiger partial charge in [0.2, 0.25) is 5.88 Å². The Hall–Kier alpha value is -2.94. The summed E-state index contributed by atoms with van der Waals surface area (Å²) in [6.45, 7) is 0. The molecule has 0 unspecified atom stereocenters. The van der Waals surface area contributed by atoms with Gasteiger partial charge < -0.3 is 15.8 Å². The lowest BCUT2D eigenvalue weighted by atomic mass is 9.53. The van der Waals surface area contributed by atoms with Crippen molar-refractivity contribution in [1.29, 1.82) is 0 Å². The van der Waals surface area contributed by atoms with Gasteiger partial charge in [-0.1, -0.05) is 6.07 Å². The molecule has 3 aromatic heterocycles. The van der Waals surface area contributed by atoms with Crippen LogP contribution >= 0.6 is 15.9 Å². The maximum atomic E-state index is 12.7. The van der Waals surface area contributed by atoms with Crippen LogP contribution in [0.5, 0.6) is 5.88 Å². The Balaban J connectivity index is 1.16. The van der Waals surface area contributed by atoms with E-state index in [0.29, 0.717) is 21.9 Å². The summed E-state index contributed by atoms with van der Waals surface area (Å²) in [5.74, 6) is -0.403. The Bertz CT molecular complexity index is 1150. The number of pyridine rings is 2. The van der Waals surface area contributed by atoms with E-state index in [1.165, 1.54) is 0 Å². The molecule has 0 radical (unpaired) electrons. The van der Waals surface area contributed by atoms with Gasteiger partial charge in [-0.3, -0.25) is 14.0 Å². The van der Waals surface area contributed by atoms with Crippen LogP contribution in [0.4, 0.5) is 0 Å². The maximum absolute atomic E-state index is 12.7. The highest BCUT2D eigenvalue weighted by Crippen LogP contribution is 2.56. The quantitative estimate of drug-likeness (QED) is 0.596. The number of halogens is 1. The summed E-state index contributed by atoms with van der Waals surface area (Å²) in [6, 6.07) is 9.07. The first-order valence-corrected chi connectivity index (χ1v) is 10.6. The number of hydrogen-bond donors (Lipinski definition) is 2. The van der Waals surface area contributed by atoms with Gasteiger partial charge in [0.15, 0.2) is 10.4 Å². The summed E-state index contributed by atoms with van der Waals surface area (Å²) < 4.78 is 8.34. The van der Waals surface area contributed by atoms with Gasteiger partial charge >= 0.3 is 0 Å². The van der Waals surface area contributed by atoms with E-state index in [1.807, 2.05) is 28.8 Å². The number of amides is 2. The number of nitrogens with two attached hydrogens (primary N) is 1. The molecule has 30 heavy (non-hydrogen) atoms. The number of carbonyl (C=O) groups is 2. The van der Waals surface area contributed by atoms with Crippen LogP contribution in [-0.4, -0.2) is 38.3 Å². The molecule has 2 aliphatic rings. The van der Waals surface area contributed by atoms with Gasteiger partial charge in [-0.15, -0.1) is 0 Å². The normalized spacial score (nSPS) is 24.8. The van der Waals surface area contributed by atoms with Crippen molar-refractivity contribution in [3.05, 3.63) is 58.7 Å². The van der Waals surface area contributed by atoms with Crippen molar-refractivity contribution in [3.8, 4) is 5.88 Å². The van der Waals surface area contributed by atoms with Gasteiger partial charge in [-0.25, -0.2) is 9.97 Å². The average Bonchev–Trinajstić information content (AvgIpc) is 3.02. The van der Waals surface area contributed by atoms with E-state index >= 15 is 0 Å². The molecule has 0 aromatic carbocycles. The van der Waals surface area contributed by atoms with Crippen LogP contribution in [0.2, 0.25) is 0 Å². The second-order valence-corrected chi connectivity index (χ2v) is 8.84. The summed E-state index contributed by atoms with van der Waals surface area (Å²) in [6.07, 6.45) is 7.06. The van der Waals surface area contributed by atoms with Gasteiger partial charge in [-0.2, -0.15) is 0 Å². The second kappa shape index (κ2) is 7.09. The number of imidazole rings is 1. The summed E-state index contributed by atoms with van der Waals surface area (Å²) in [7, 11) is 0. The second-order valence-electron chi connectivity index (χ2n) is 8.13. The third-order valence-corrected chi connectivity index (χ3v) is 6.61. The van der Waals surface area contributed by atoms with Crippen LogP contribution < -0.4 is 15.8 Å². The molecular weight excluding hydrogens is 450 g/mol. The summed E-state index contributed by atoms with van der Waals surface area (Å²) in [4.78, 5) is 32.7. The topological polar surface area (TPSA) is 112 Å². The number of carbonyl (C=O) groups excluding carboxylic acids is 2. The predicted molar refractivity (Wildman–Crippen MR) is 112 cm³/mol. The van der Waals surface area contributed by atoms with E-state index in [-0.39, 0.29) is 23.5 Å². The minimum atomic E-state index is -0.544. The van der Waals surface area contributed by atoms with Crippen LogP contribution in [0.1, 0.15) is 46.5 Å². The fraction of sp³-hybridized carbons (Fsp3) is 0.333. The smallest absolute Gasteiger partial charge is 0.272 e. The fourth-order valence-electron chi connectivity index (χ4n) is 4.66. The van der Waals surface area contributed by atoms with Gasteiger partial charge in [-0.05, 0) is 71.3 Å². The van der Waals surface area contributed by atoms with Gasteiger partial charge in [0.1, 0.15) is 11.7 Å². The molecule has 2 saturated carbocycles. The summed E-state index contributed by atoms with van der Waals surface area (Å²) >= 11 is 3.39. The molecule has 0 aliphatic heterocycles. The maximum Gasteiger partial charge on any atom is 0.272 e.